The minimum Gasteiger partial charge on any atom is -0.342 e. The number of benzene rings is 1. The first-order valence-corrected chi connectivity index (χ1v) is 9.11. The van der Waals surface area contributed by atoms with Crippen molar-refractivity contribution in [1.82, 2.24) is 20.1 Å². The number of thioether (sulfide) groups is 1. The molecule has 23 heavy (non-hydrogen) atoms. The van der Waals surface area contributed by atoms with E-state index in [1.54, 1.807) is 0 Å². The molecule has 1 aromatic heterocycles. The highest BCUT2D eigenvalue weighted by molar-refractivity contribution is 7.99. The number of rotatable bonds is 5. The van der Waals surface area contributed by atoms with E-state index in [9.17, 15) is 4.79 Å². The minimum absolute atomic E-state index is 0.114. The normalized spacial score (nSPS) is 26.4. The molecule has 2 heterocycles. The Morgan fingerprint density at radius 1 is 1.35 bits per heavy atom. The molecule has 0 radical (unpaired) electrons. The van der Waals surface area contributed by atoms with Crippen LogP contribution in [0.5, 0.6) is 0 Å². The highest BCUT2D eigenvalue weighted by Gasteiger charge is 2.48. The number of hydrogen-bond donors (Lipinski definition) is 1. The number of carbonyl (C=O) groups excluding carboxylic acids is 1. The average molecular weight is 328 g/mol. The number of likely N-dealkylation sites (tertiary alicyclic amines) is 1. The number of hydrogen-bond acceptors (Lipinski definition) is 4. The van der Waals surface area contributed by atoms with Crippen LogP contribution in [0.1, 0.15) is 24.6 Å². The van der Waals surface area contributed by atoms with Gasteiger partial charge in [0.2, 0.25) is 5.91 Å². The summed E-state index contributed by atoms with van der Waals surface area (Å²) in [7, 11) is 0. The molecule has 0 bridgehead atoms. The number of carbonyl (C=O) groups is 1. The van der Waals surface area contributed by atoms with Crippen molar-refractivity contribution in [2.75, 3.05) is 18.8 Å². The standard InChI is InChI=1S/C17H20N4OS/c22-17(15-8-14(15)16-18-11-19-20-16)21-7-6-12(9-21)10-23-13-4-2-1-3-5-13/h1-5,11-12,14-15H,6-10H2,(H,18,19,20)/t12-,14+,15+/m0/s1. The van der Waals surface area contributed by atoms with Crippen LogP contribution in [0.25, 0.3) is 0 Å². The molecule has 3 atom stereocenters. The number of nitrogens with one attached hydrogen (secondary N) is 1. The van der Waals surface area contributed by atoms with Gasteiger partial charge in [0.15, 0.2) is 0 Å². The van der Waals surface area contributed by atoms with Gasteiger partial charge in [-0.05, 0) is 30.9 Å². The third kappa shape index (κ3) is 3.27. The predicted molar refractivity (Wildman–Crippen MR) is 89.1 cm³/mol. The number of aromatic nitrogens is 3. The molecule has 1 N–H and O–H groups in total. The fourth-order valence-corrected chi connectivity index (χ4v) is 4.35. The van der Waals surface area contributed by atoms with Gasteiger partial charge in [-0.3, -0.25) is 9.89 Å². The van der Waals surface area contributed by atoms with Gasteiger partial charge in [-0.1, -0.05) is 18.2 Å². The zero-order valence-corrected chi connectivity index (χ0v) is 13.7. The van der Waals surface area contributed by atoms with Crippen molar-refractivity contribution < 1.29 is 4.79 Å². The van der Waals surface area contributed by atoms with Gasteiger partial charge in [-0.25, -0.2) is 4.98 Å². The maximum Gasteiger partial charge on any atom is 0.226 e. The molecular weight excluding hydrogens is 308 g/mol. The van der Waals surface area contributed by atoms with Crippen LogP contribution < -0.4 is 0 Å². The summed E-state index contributed by atoms with van der Waals surface area (Å²) in [6.07, 6.45) is 3.54. The molecule has 1 aromatic carbocycles. The summed E-state index contributed by atoms with van der Waals surface area (Å²) in [6, 6.07) is 10.5. The maximum atomic E-state index is 12.6. The fourth-order valence-electron chi connectivity index (χ4n) is 3.30. The third-order valence-electron chi connectivity index (χ3n) is 4.72. The summed E-state index contributed by atoms with van der Waals surface area (Å²) in [4.78, 5) is 20.1. The third-order valence-corrected chi connectivity index (χ3v) is 5.96. The SMILES string of the molecule is O=C([C@@H]1C[C@H]1c1ncn[nH]1)N1CC[C@H](CSc2ccccc2)C1. The molecule has 1 aliphatic carbocycles. The zero-order chi connectivity index (χ0) is 15.6. The Balaban J connectivity index is 1.26. The van der Waals surface area contributed by atoms with Crippen molar-refractivity contribution in [2.24, 2.45) is 11.8 Å². The molecule has 2 aromatic rings. The average Bonchev–Trinajstić information content (AvgIpc) is 3.02. The monoisotopic (exact) mass is 328 g/mol. The Hall–Kier alpha value is -1.82. The number of amides is 1. The fraction of sp³-hybridized carbons (Fsp3) is 0.471. The molecule has 6 heteroatoms. The Morgan fingerprint density at radius 3 is 3.00 bits per heavy atom. The van der Waals surface area contributed by atoms with E-state index in [0.717, 1.165) is 37.5 Å². The van der Waals surface area contributed by atoms with Crippen LogP contribution in [0.2, 0.25) is 0 Å². The molecule has 5 nitrogen and oxygen atoms in total. The molecule has 1 amide bonds. The van der Waals surface area contributed by atoms with Gasteiger partial charge in [0, 0.05) is 35.6 Å². The summed E-state index contributed by atoms with van der Waals surface area (Å²) in [5.74, 6) is 3.22. The van der Waals surface area contributed by atoms with E-state index in [1.165, 1.54) is 11.2 Å². The lowest BCUT2D eigenvalue weighted by Gasteiger charge is -2.16. The summed E-state index contributed by atoms with van der Waals surface area (Å²) < 4.78 is 0. The summed E-state index contributed by atoms with van der Waals surface area (Å²) in [5, 5.41) is 6.76. The highest BCUT2D eigenvalue weighted by Crippen LogP contribution is 2.47. The predicted octanol–water partition coefficient (Wildman–Crippen LogP) is 2.55. The molecule has 1 saturated heterocycles. The van der Waals surface area contributed by atoms with Crippen LogP contribution in [0.3, 0.4) is 0 Å². The lowest BCUT2D eigenvalue weighted by atomic mass is 10.2. The molecular formula is C17H20N4OS. The minimum atomic E-state index is 0.114. The van der Waals surface area contributed by atoms with Crippen molar-refractivity contribution >= 4 is 17.7 Å². The topological polar surface area (TPSA) is 61.9 Å². The Labute approximate surface area is 139 Å². The number of H-pyrrole nitrogens is 1. The van der Waals surface area contributed by atoms with Crippen molar-refractivity contribution in [1.29, 1.82) is 0 Å². The first kappa shape index (κ1) is 14.8. The molecule has 2 fully saturated rings. The largest absolute Gasteiger partial charge is 0.342 e. The quantitative estimate of drug-likeness (QED) is 0.857. The molecule has 0 spiro atoms. The second kappa shape index (κ2) is 6.35. The Morgan fingerprint density at radius 2 is 2.22 bits per heavy atom. The van der Waals surface area contributed by atoms with Crippen LogP contribution in [-0.2, 0) is 4.79 Å². The van der Waals surface area contributed by atoms with Gasteiger partial charge in [0.05, 0.1) is 0 Å². The first-order chi connectivity index (χ1) is 11.3. The van der Waals surface area contributed by atoms with Crippen molar-refractivity contribution in [3.05, 3.63) is 42.5 Å². The van der Waals surface area contributed by atoms with Crippen LogP contribution in [0.15, 0.2) is 41.6 Å². The van der Waals surface area contributed by atoms with Crippen molar-refractivity contribution in [2.45, 2.75) is 23.7 Å². The number of aromatic amines is 1. The van der Waals surface area contributed by atoms with Gasteiger partial charge in [0.25, 0.3) is 0 Å². The Bertz CT molecular complexity index is 660. The highest BCUT2D eigenvalue weighted by atomic mass is 32.2. The van der Waals surface area contributed by atoms with Crippen molar-refractivity contribution in [3.63, 3.8) is 0 Å². The molecule has 2 aliphatic rings. The molecule has 120 valence electrons. The van der Waals surface area contributed by atoms with Gasteiger partial charge >= 0.3 is 0 Å². The number of nitrogens with zero attached hydrogens (tertiary/aromatic N) is 3. The van der Waals surface area contributed by atoms with E-state index >= 15 is 0 Å². The van der Waals surface area contributed by atoms with Crippen molar-refractivity contribution in [3.8, 4) is 0 Å². The molecule has 1 saturated carbocycles. The van der Waals surface area contributed by atoms with Crippen LogP contribution in [0, 0.1) is 11.8 Å². The van der Waals surface area contributed by atoms with E-state index in [0.29, 0.717) is 11.8 Å². The van der Waals surface area contributed by atoms with Crippen LogP contribution in [0.4, 0.5) is 0 Å². The van der Waals surface area contributed by atoms with Gasteiger partial charge in [0.1, 0.15) is 12.2 Å². The second-order valence-electron chi connectivity index (χ2n) is 6.38. The summed E-state index contributed by atoms with van der Waals surface area (Å²) in [6.45, 7) is 1.80. The maximum absolute atomic E-state index is 12.6. The van der Waals surface area contributed by atoms with Gasteiger partial charge < -0.3 is 4.90 Å². The van der Waals surface area contributed by atoms with Gasteiger partial charge in [-0.2, -0.15) is 5.10 Å². The van der Waals surface area contributed by atoms with E-state index in [2.05, 4.69) is 44.3 Å². The van der Waals surface area contributed by atoms with E-state index < -0.39 is 0 Å². The summed E-state index contributed by atoms with van der Waals surface area (Å²) >= 11 is 1.89. The lowest BCUT2D eigenvalue weighted by molar-refractivity contribution is -0.131. The molecule has 4 rings (SSSR count). The van der Waals surface area contributed by atoms with Gasteiger partial charge in [-0.15, -0.1) is 11.8 Å². The lowest BCUT2D eigenvalue weighted by Crippen LogP contribution is -2.30. The second-order valence-corrected chi connectivity index (χ2v) is 7.48. The first-order valence-electron chi connectivity index (χ1n) is 8.13. The van der Waals surface area contributed by atoms with E-state index in [-0.39, 0.29) is 11.8 Å². The summed E-state index contributed by atoms with van der Waals surface area (Å²) in [5.41, 5.74) is 0. The molecule has 0 unspecified atom stereocenters. The van der Waals surface area contributed by atoms with Crippen LogP contribution >= 0.6 is 11.8 Å². The zero-order valence-electron chi connectivity index (χ0n) is 12.9. The Kier molecular flexibility index (Phi) is 4.08. The van der Waals surface area contributed by atoms with E-state index in [1.807, 2.05) is 17.8 Å². The van der Waals surface area contributed by atoms with Crippen LogP contribution in [-0.4, -0.2) is 44.8 Å². The van der Waals surface area contributed by atoms with E-state index in [4.69, 9.17) is 0 Å². The smallest absolute Gasteiger partial charge is 0.226 e. The molecule has 1 aliphatic heterocycles.